The molecule has 0 aromatic carbocycles. The zero-order valence-electron chi connectivity index (χ0n) is 9.30. The molecule has 1 unspecified atom stereocenters. The SMILES string of the molecule is Cn1nnnc1C1(O)C=CC(C)(C)CC1. The zero-order valence-corrected chi connectivity index (χ0v) is 9.30. The highest BCUT2D eigenvalue weighted by Crippen LogP contribution is 2.38. The van der Waals surface area contributed by atoms with Crippen molar-refractivity contribution in [1.82, 2.24) is 20.2 Å². The van der Waals surface area contributed by atoms with E-state index >= 15 is 0 Å². The first kappa shape index (κ1) is 10.3. The lowest BCUT2D eigenvalue weighted by atomic mass is 9.76. The second-order valence-electron chi connectivity index (χ2n) is 4.87. The second kappa shape index (κ2) is 3.13. The molecule has 0 spiro atoms. The van der Waals surface area contributed by atoms with Gasteiger partial charge in [0.05, 0.1) is 0 Å². The minimum Gasteiger partial charge on any atom is -0.378 e. The molecule has 1 N–H and O–H groups in total. The first-order chi connectivity index (χ1) is 6.93. The number of allylic oxidation sites excluding steroid dienone is 1. The molecule has 5 heteroatoms. The number of hydrogen-bond donors (Lipinski definition) is 1. The van der Waals surface area contributed by atoms with Gasteiger partial charge < -0.3 is 5.11 Å². The van der Waals surface area contributed by atoms with Crippen LogP contribution in [-0.4, -0.2) is 25.3 Å². The summed E-state index contributed by atoms with van der Waals surface area (Å²) in [5.41, 5.74) is -0.855. The first-order valence-corrected chi connectivity index (χ1v) is 5.09. The molecule has 2 rings (SSSR count). The first-order valence-electron chi connectivity index (χ1n) is 5.09. The van der Waals surface area contributed by atoms with Gasteiger partial charge in [0.2, 0.25) is 0 Å². The molecule has 1 heterocycles. The summed E-state index contributed by atoms with van der Waals surface area (Å²) in [4.78, 5) is 0. The topological polar surface area (TPSA) is 63.8 Å². The van der Waals surface area contributed by atoms with E-state index in [1.54, 1.807) is 7.05 Å². The summed E-state index contributed by atoms with van der Waals surface area (Å²) in [6.45, 7) is 4.30. The molecule has 1 atom stereocenters. The molecule has 0 radical (unpaired) electrons. The van der Waals surface area contributed by atoms with Crippen LogP contribution in [0.3, 0.4) is 0 Å². The Morgan fingerprint density at radius 3 is 2.53 bits per heavy atom. The van der Waals surface area contributed by atoms with Gasteiger partial charge in [0.25, 0.3) is 0 Å². The highest BCUT2D eigenvalue weighted by molar-refractivity contribution is 5.17. The van der Waals surface area contributed by atoms with Crippen molar-refractivity contribution in [2.24, 2.45) is 12.5 Å². The van der Waals surface area contributed by atoms with Gasteiger partial charge in [0, 0.05) is 7.05 Å². The molecule has 82 valence electrons. The van der Waals surface area contributed by atoms with Crippen LogP contribution in [0.25, 0.3) is 0 Å². The van der Waals surface area contributed by atoms with Gasteiger partial charge in [-0.2, -0.15) is 0 Å². The van der Waals surface area contributed by atoms with Crippen LogP contribution in [0.5, 0.6) is 0 Å². The van der Waals surface area contributed by atoms with E-state index in [9.17, 15) is 5.11 Å². The smallest absolute Gasteiger partial charge is 0.186 e. The van der Waals surface area contributed by atoms with Crippen LogP contribution in [0.2, 0.25) is 0 Å². The summed E-state index contributed by atoms with van der Waals surface area (Å²) >= 11 is 0. The Morgan fingerprint density at radius 1 is 1.33 bits per heavy atom. The van der Waals surface area contributed by atoms with Gasteiger partial charge in [-0.05, 0) is 34.8 Å². The Labute approximate surface area is 88.8 Å². The average Bonchev–Trinajstić information content (AvgIpc) is 2.58. The molecule has 1 aromatic rings. The predicted octanol–water partition coefficient (Wildman–Crippen LogP) is 0.774. The summed E-state index contributed by atoms with van der Waals surface area (Å²) in [7, 11) is 1.74. The fourth-order valence-corrected chi connectivity index (χ4v) is 1.83. The Hall–Kier alpha value is -1.23. The van der Waals surface area contributed by atoms with E-state index in [1.165, 1.54) is 4.68 Å². The molecule has 0 saturated carbocycles. The van der Waals surface area contributed by atoms with Crippen molar-refractivity contribution in [2.45, 2.75) is 32.3 Å². The normalized spacial score (nSPS) is 29.3. The molecule has 0 fully saturated rings. The summed E-state index contributed by atoms with van der Waals surface area (Å²) < 4.78 is 1.52. The van der Waals surface area contributed by atoms with Crippen molar-refractivity contribution in [3.63, 3.8) is 0 Å². The van der Waals surface area contributed by atoms with Crippen LogP contribution >= 0.6 is 0 Å². The Kier molecular flexibility index (Phi) is 2.15. The van der Waals surface area contributed by atoms with E-state index < -0.39 is 5.60 Å². The van der Waals surface area contributed by atoms with Crippen molar-refractivity contribution in [3.05, 3.63) is 18.0 Å². The van der Waals surface area contributed by atoms with Gasteiger partial charge in [-0.3, -0.25) is 0 Å². The van der Waals surface area contributed by atoms with Crippen molar-refractivity contribution in [1.29, 1.82) is 0 Å². The Balaban J connectivity index is 2.35. The minimum absolute atomic E-state index is 0.151. The molecule has 0 saturated heterocycles. The molecule has 15 heavy (non-hydrogen) atoms. The monoisotopic (exact) mass is 208 g/mol. The van der Waals surface area contributed by atoms with Gasteiger partial charge in [-0.1, -0.05) is 19.9 Å². The van der Waals surface area contributed by atoms with Crippen LogP contribution in [0.4, 0.5) is 0 Å². The van der Waals surface area contributed by atoms with E-state index in [0.29, 0.717) is 12.2 Å². The van der Waals surface area contributed by atoms with E-state index in [1.807, 2.05) is 12.2 Å². The van der Waals surface area contributed by atoms with E-state index in [2.05, 4.69) is 29.4 Å². The number of hydrogen-bond acceptors (Lipinski definition) is 4. The molecule has 0 aliphatic heterocycles. The van der Waals surface area contributed by atoms with Crippen LogP contribution in [0, 0.1) is 5.41 Å². The number of aliphatic hydroxyl groups is 1. The lowest BCUT2D eigenvalue weighted by molar-refractivity contribution is 0.0457. The minimum atomic E-state index is -1.01. The van der Waals surface area contributed by atoms with Crippen LogP contribution < -0.4 is 0 Å². The molecule has 1 aliphatic rings. The number of rotatable bonds is 1. The largest absolute Gasteiger partial charge is 0.378 e. The third kappa shape index (κ3) is 1.79. The molecule has 0 bridgehead atoms. The molecule has 1 aromatic heterocycles. The standard InChI is InChI=1S/C10H16N4O/c1-9(2)4-6-10(15,7-5-9)8-11-12-13-14(8)3/h4,6,15H,5,7H2,1-3H3. The highest BCUT2D eigenvalue weighted by Gasteiger charge is 2.37. The maximum Gasteiger partial charge on any atom is 0.186 e. The summed E-state index contributed by atoms with van der Waals surface area (Å²) in [5, 5.41) is 21.5. The van der Waals surface area contributed by atoms with Crippen molar-refractivity contribution in [2.75, 3.05) is 0 Å². The predicted molar refractivity (Wildman–Crippen MR) is 54.8 cm³/mol. The maximum atomic E-state index is 10.4. The number of aryl methyl sites for hydroxylation is 1. The van der Waals surface area contributed by atoms with Gasteiger partial charge in [-0.25, -0.2) is 4.68 Å². The van der Waals surface area contributed by atoms with E-state index in [0.717, 1.165) is 6.42 Å². The molecular formula is C10H16N4O. The summed E-state index contributed by atoms with van der Waals surface area (Å²) in [6.07, 6.45) is 5.42. The molecule has 5 nitrogen and oxygen atoms in total. The van der Waals surface area contributed by atoms with Crippen molar-refractivity contribution < 1.29 is 5.11 Å². The lowest BCUT2D eigenvalue weighted by Gasteiger charge is -2.33. The molecule has 0 amide bonds. The number of aromatic nitrogens is 4. The van der Waals surface area contributed by atoms with Crippen molar-refractivity contribution >= 4 is 0 Å². The van der Waals surface area contributed by atoms with Crippen molar-refractivity contribution in [3.8, 4) is 0 Å². The molecular weight excluding hydrogens is 192 g/mol. The van der Waals surface area contributed by atoms with Crippen LogP contribution in [0.1, 0.15) is 32.5 Å². The van der Waals surface area contributed by atoms with Crippen LogP contribution in [0.15, 0.2) is 12.2 Å². The fraction of sp³-hybridized carbons (Fsp3) is 0.700. The molecule has 1 aliphatic carbocycles. The highest BCUT2D eigenvalue weighted by atomic mass is 16.3. The van der Waals surface area contributed by atoms with E-state index in [4.69, 9.17) is 0 Å². The van der Waals surface area contributed by atoms with Gasteiger partial charge in [0.15, 0.2) is 5.82 Å². The Morgan fingerprint density at radius 2 is 2.07 bits per heavy atom. The van der Waals surface area contributed by atoms with Crippen LogP contribution in [-0.2, 0) is 12.6 Å². The fourth-order valence-electron chi connectivity index (χ4n) is 1.83. The summed E-state index contributed by atoms with van der Waals surface area (Å²) in [6, 6.07) is 0. The van der Waals surface area contributed by atoms with Gasteiger partial charge >= 0.3 is 0 Å². The quantitative estimate of drug-likeness (QED) is 0.692. The maximum absolute atomic E-state index is 10.4. The number of tetrazole rings is 1. The lowest BCUT2D eigenvalue weighted by Crippen LogP contribution is -2.32. The Bertz CT molecular complexity index is 396. The summed E-state index contributed by atoms with van der Waals surface area (Å²) in [5.74, 6) is 0.509. The third-order valence-corrected chi connectivity index (χ3v) is 2.97. The van der Waals surface area contributed by atoms with Gasteiger partial charge in [0.1, 0.15) is 5.60 Å². The second-order valence-corrected chi connectivity index (χ2v) is 4.87. The third-order valence-electron chi connectivity index (χ3n) is 2.97. The zero-order chi connectivity index (χ0) is 11.1. The van der Waals surface area contributed by atoms with Gasteiger partial charge in [-0.15, -0.1) is 5.10 Å². The average molecular weight is 208 g/mol. The number of nitrogens with zero attached hydrogens (tertiary/aromatic N) is 4. The van der Waals surface area contributed by atoms with E-state index in [-0.39, 0.29) is 5.41 Å².